The number of sulfonamides is 1. The first-order valence-corrected chi connectivity index (χ1v) is 12.3. The van der Waals surface area contributed by atoms with E-state index in [-0.39, 0.29) is 45.1 Å². The molecule has 0 spiro atoms. The highest BCUT2D eigenvalue weighted by atomic mass is 32.2. The fourth-order valence-electron chi connectivity index (χ4n) is 3.75. The predicted octanol–water partition coefficient (Wildman–Crippen LogP) is 2.32. The number of rotatable bonds is 8. The van der Waals surface area contributed by atoms with Crippen molar-refractivity contribution in [2.24, 2.45) is 0 Å². The molecular formula is C24H30N2O6S. The summed E-state index contributed by atoms with van der Waals surface area (Å²) >= 11 is 0. The van der Waals surface area contributed by atoms with Gasteiger partial charge >= 0.3 is 5.97 Å². The number of carbonyl (C=O) groups is 2. The Morgan fingerprint density at radius 2 is 1.64 bits per heavy atom. The summed E-state index contributed by atoms with van der Waals surface area (Å²) in [5, 5.41) is 0. The fraction of sp³-hybridized carbons (Fsp3) is 0.417. The Kier molecular flexibility index (Phi) is 8.10. The molecule has 8 nitrogen and oxygen atoms in total. The molecule has 9 heteroatoms. The van der Waals surface area contributed by atoms with Gasteiger partial charge in [-0.25, -0.2) is 8.42 Å². The third-order valence-electron chi connectivity index (χ3n) is 5.67. The number of benzene rings is 2. The molecule has 2 aromatic carbocycles. The van der Waals surface area contributed by atoms with E-state index in [0.29, 0.717) is 16.9 Å². The van der Waals surface area contributed by atoms with Crippen LogP contribution in [0, 0.1) is 13.8 Å². The van der Waals surface area contributed by atoms with E-state index in [1.807, 2.05) is 37.3 Å². The molecule has 0 aliphatic carbocycles. The van der Waals surface area contributed by atoms with Gasteiger partial charge in [0.05, 0.1) is 12.0 Å². The maximum absolute atomic E-state index is 13.0. The number of piperazine rings is 1. The molecule has 3 rings (SSSR count). The van der Waals surface area contributed by atoms with E-state index < -0.39 is 16.0 Å². The number of amides is 1. The molecular weight excluding hydrogens is 444 g/mol. The van der Waals surface area contributed by atoms with Crippen molar-refractivity contribution in [2.45, 2.75) is 31.6 Å². The zero-order chi connectivity index (χ0) is 24.0. The van der Waals surface area contributed by atoms with E-state index in [4.69, 9.17) is 9.47 Å². The van der Waals surface area contributed by atoms with Gasteiger partial charge in [-0.05, 0) is 49.6 Å². The molecule has 0 radical (unpaired) electrons. The van der Waals surface area contributed by atoms with Crippen molar-refractivity contribution in [3.05, 3.63) is 59.2 Å². The summed E-state index contributed by atoms with van der Waals surface area (Å²) in [5.41, 5.74) is 2.68. The van der Waals surface area contributed by atoms with Crippen LogP contribution in [0.3, 0.4) is 0 Å². The van der Waals surface area contributed by atoms with Gasteiger partial charge in [0.1, 0.15) is 5.75 Å². The van der Waals surface area contributed by atoms with Gasteiger partial charge in [-0.2, -0.15) is 4.31 Å². The Hall–Kier alpha value is -2.91. The lowest BCUT2D eigenvalue weighted by Crippen LogP contribution is -2.51. The van der Waals surface area contributed by atoms with Crippen molar-refractivity contribution in [3.63, 3.8) is 0 Å². The van der Waals surface area contributed by atoms with Gasteiger partial charge in [0, 0.05) is 32.6 Å². The highest BCUT2D eigenvalue weighted by molar-refractivity contribution is 7.89. The Morgan fingerprint density at radius 1 is 0.970 bits per heavy atom. The van der Waals surface area contributed by atoms with Crippen LogP contribution in [-0.2, 0) is 30.8 Å². The molecule has 0 unspecified atom stereocenters. The van der Waals surface area contributed by atoms with Crippen LogP contribution in [0.5, 0.6) is 5.75 Å². The van der Waals surface area contributed by atoms with Gasteiger partial charge in [0.25, 0.3) is 5.91 Å². The number of ether oxygens (including phenoxy) is 2. The lowest BCUT2D eigenvalue weighted by molar-refractivity contribution is -0.152. The van der Waals surface area contributed by atoms with Crippen molar-refractivity contribution < 1.29 is 27.5 Å². The second-order valence-electron chi connectivity index (χ2n) is 8.06. The van der Waals surface area contributed by atoms with Gasteiger partial charge in [-0.3, -0.25) is 9.59 Å². The number of esters is 1. The summed E-state index contributed by atoms with van der Waals surface area (Å²) in [6.45, 7) is 4.27. The first-order chi connectivity index (χ1) is 15.7. The Labute approximate surface area is 195 Å². The average Bonchev–Trinajstić information content (AvgIpc) is 2.81. The van der Waals surface area contributed by atoms with Crippen LogP contribution in [0.1, 0.15) is 23.1 Å². The summed E-state index contributed by atoms with van der Waals surface area (Å²) in [6.07, 6.45) is 0.674. The average molecular weight is 475 g/mol. The minimum Gasteiger partial charge on any atom is -0.497 e. The lowest BCUT2D eigenvalue weighted by Gasteiger charge is -2.34. The van der Waals surface area contributed by atoms with Crippen LogP contribution in [0.2, 0.25) is 0 Å². The van der Waals surface area contributed by atoms with Gasteiger partial charge in [0.2, 0.25) is 10.0 Å². The highest BCUT2D eigenvalue weighted by Gasteiger charge is 2.31. The zero-order valence-electron chi connectivity index (χ0n) is 19.2. The van der Waals surface area contributed by atoms with Crippen molar-refractivity contribution in [1.29, 1.82) is 0 Å². The number of nitrogens with zero attached hydrogens (tertiary/aromatic N) is 2. The van der Waals surface area contributed by atoms with Crippen molar-refractivity contribution >= 4 is 21.9 Å². The van der Waals surface area contributed by atoms with Crippen LogP contribution >= 0.6 is 0 Å². The maximum atomic E-state index is 13.0. The molecule has 0 saturated carbocycles. The maximum Gasteiger partial charge on any atom is 0.306 e. The van der Waals surface area contributed by atoms with Crippen LogP contribution in [0.4, 0.5) is 0 Å². The molecule has 0 bridgehead atoms. The number of aryl methyl sites for hydroxylation is 3. The highest BCUT2D eigenvalue weighted by Crippen LogP contribution is 2.22. The van der Waals surface area contributed by atoms with E-state index in [0.717, 1.165) is 16.9 Å². The number of carbonyl (C=O) groups excluding carboxylic acids is 2. The quantitative estimate of drug-likeness (QED) is 0.545. The normalized spacial score (nSPS) is 14.7. The molecule has 1 aliphatic heterocycles. The zero-order valence-corrected chi connectivity index (χ0v) is 20.1. The molecule has 178 valence electrons. The van der Waals surface area contributed by atoms with Crippen molar-refractivity contribution in [3.8, 4) is 5.75 Å². The summed E-state index contributed by atoms with van der Waals surface area (Å²) in [5.74, 6) is -0.0274. The largest absolute Gasteiger partial charge is 0.497 e. The van der Waals surface area contributed by atoms with E-state index in [1.165, 1.54) is 9.21 Å². The van der Waals surface area contributed by atoms with Gasteiger partial charge < -0.3 is 14.4 Å². The Bertz CT molecular complexity index is 1090. The molecule has 1 saturated heterocycles. The van der Waals surface area contributed by atoms with Crippen LogP contribution in [0.15, 0.2) is 47.4 Å². The van der Waals surface area contributed by atoms with E-state index in [9.17, 15) is 18.0 Å². The first kappa shape index (κ1) is 24.7. The predicted molar refractivity (Wildman–Crippen MR) is 124 cm³/mol. The Balaban J connectivity index is 1.44. The summed E-state index contributed by atoms with van der Waals surface area (Å²) in [7, 11) is -2.03. The number of hydrogen-bond acceptors (Lipinski definition) is 6. The number of methoxy groups -OCH3 is 1. The minimum atomic E-state index is -3.62. The molecule has 1 amide bonds. The topological polar surface area (TPSA) is 93.2 Å². The van der Waals surface area contributed by atoms with Crippen molar-refractivity contribution in [1.82, 2.24) is 9.21 Å². The van der Waals surface area contributed by atoms with Crippen molar-refractivity contribution in [2.75, 3.05) is 39.9 Å². The molecule has 1 fully saturated rings. The van der Waals surface area contributed by atoms with Gasteiger partial charge in [-0.15, -0.1) is 0 Å². The van der Waals surface area contributed by atoms with E-state index in [1.54, 1.807) is 26.2 Å². The van der Waals surface area contributed by atoms with E-state index in [2.05, 4.69) is 0 Å². The summed E-state index contributed by atoms with van der Waals surface area (Å²) < 4.78 is 37.6. The summed E-state index contributed by atoms with van der Waals surface area (Å²) in [6, 6.07) is 12.7. The van der Waals surface area contributed by atoms with E-state index >= 15 is 0 Å². The molecule has 1 heterocycles. The standard InChI is InChI=1S/C24H30N2O6S/c1-18-4-10-22(19(2)16-18)33(29,30)26-14-12-25(13-15-26)23(27)17-32-24(28)11-7-20-5-8-21(31-3)9-6-20/h4-6,8-10,16H,7,11-15,17H2,1-3H3. The fourth-order valence-corrected chi connectivity index (χ4v) is 5.38. The minimum absolute atomic E-state index is 0.168. The monoisotopic (exact) mass is 474 g/mol. The van der Waals surface area contributed by atoms with Crippen LogP contribution in [0.25, 0.3) is 0 Å². The van der Waals surface area contributed by atoms with Crippen LogP contribution < -0.4 is 4.74 Å². The Morgan fingerprint density at radius 3 is 2.24 bits per heavy atom. The summed E-state index contributed by atoms with van der Waals surface area (Å²) in [4.78, 5) is 26.3. The lowest BCUT2D eigenvalue weighted by atomic mass is 10.1. The second kappa shape index (κ2) is 10.8. The third kappa shape index (κ3) is 6.33. The second-order valence-corrected chi connectivity index (χ2v) is 9.97. The SMILES string of the molecule is COc1ccc(CCC(=O)OCC(=O)N2CCN(S(=O)(=O)c3ccc(C)cc3C)CC2)cc1. The first-order valence-electron chi connectivity index (χ1n) is 10.8. The van der Waals surface area contributed by atoms with Crippen LogP contribution in [-0.4, -0.2) is 69.4 Å². The third-order valence-corrected chi connectivity index (χ3v) is 7.73. The molecule has 1 aliphatic rings. The molecule has 0 atom stereocenters. The van der Waals surface area contributed by atoms with Gasteiger partial charge in [-0.1, -0.05) is 29.8 Å². The molecule has 0 N–H and O–H groups in total. The molecule has 0 aromatic heterocycles. The molecule has 2 aromatic rings. The number of hydrogen-bond donors (Lipinski definition) is 0. The molecule has 33 heavy (non-hydrogen) atoms. The smallest absolute Gasteiger partial charge is 0.306 e. The van der Waals surface area contributed by atoms with Gasteiger partial charge in [0.15, 0.2) is 6.61 Å².